The van der Waals surface area contributed by atoms with E-state index in [9.17, 15) is 9.59 Å². The maximum Gasteiger partial charge on any atom is 0.261 e. The van der Waals surface area contributed by atoms with E-state index in [1.165, 1.54) is 0 Å². The van der Waals surface area contributed by atoms with Crippen molar-refractivity contribution in [1.82, 2.24) is 5.32 Å². The van der Waals surface area contributed by atoms with E-state index in [2.05, 4.69) is 17.4 Å². The summed E-state index contributed by atoms with van der Waals surface area (Å²) >= 11 is 0. The van der Waals surface area contributed by atoms with Crippen molar-refractivity contribution in [3.63, 3.8) is 0 Å². The molecular formula is C34H20N2O4. The van der Waals surface area contributed by atoms with Gasteiger partial charge in [0, 0.05) is 21.5 Å². The molecule has 2 amide bonds. The number of fused-ring (bicyclic) bond motifs is 2. The monoisotopic (exact) mass is 520 g/mol. The third kappa shape index (κ3) is 3.04. The summed E-state index contributed by atoms with van der Waals surface area (Å²) in [5.41, 5.74) is 7.50. The second-order valence-corrected chi connectivity index (χ2v) is 9.86. The third-order valence-electron chi connectivity index (χ3n) is 7.61. The van der Waals surface area contributed by atoms with Gasteiger partial charge in [-0.1, -0.05) is 72.8 Å². The predicted molar refractivity (Wildman–Crippen MR) is 157 cm³/mol. The summed E-state index contributed by atoms with van der Waals surface area (Å²) in [6.07, 6.45) is 0. The number of amides is 2. The van der Waals surface area contributed by atoms with E-state index < -0.39 is 11.8 Å². The van der Waals surface area contributed by atoms with E-state index in [0.717, 1.165) is 32.3 Å². The number of carbonyl (C=O) groups is 2. The van der Waals surface area contributed by atoms with Crippen LogP contribution in [0.3, 0.4) is 0 Å². The molecule has 0 aromatic heterocycles. The van der Waals surface area contributed by atoms with Crippen molar-refractivity contribution in [2.45, 2.75) is 0 Å². The van der Waals surface area contributed by atoms with Crippen LogP contribution in [-0.2, 0) is 0 Å². The molecule has 8 rings (SSSR count). The molecule has 0 spiro atoms. The molecule has 3 N–H and O–H groups in total. The smallest absolute Gasteiger partial charge is 0.261 e. The summed E-state index contributed by atoms with van der Waals surface area (Å²) in [4.78, 5) is 26.6. The minimum absolute atomic E-state index is 0.177. The van der Waals surface area contributed by atoms with Crippen LogP contribution in [0.25, 0.3) is 43.1 Å². The first-order valence-electron chi connectivity index (χ1n) is 12.9. The number of rotatable bonds is 4. The molecule has 6 nitrogen and oxygen atoms in total. The number of carbonyl (C=O) groups excluding carboxylic acids is 2. The van der Waals surface area contributed by atoms with Gasteiger partial charge in [-0.15, -0.1) is 0 Å². The quantitative estimate of drug-likeness (QED) is 0.107. The first-order valence-corrected chi connectivity index (χ1v) is 12.9. The van der Waals surface area contributed by atoms with Crippen molar-refractivity contribution in [3.05, 3.63) is 114 Å². The van der Waals surface area contributed by atoms with Crippen molar-refractivity contribution in [3.8, 4) is 23.0 Å². The summed E-state index contributed by atoms with van der Waals surface area (Å²) in [6.45, 7) is 0. The highest BCUT2D eigenvalue weighted by Gasteiger charge is 2.34. The summed E-state index contributed by atoms with van der Waals surface area (Å²) < 4.78 is 13.0. The van der Waals surface area contributed by atoms with Gasteiger partial charge in [-0.25, -0.2) is 0 Å². The van der Waals surface area contributed by atoms with Crippen molar-refractivity contribution < 1.29 is 19.1 Å². The van der Waals surface area contributed by atoms with Crippen molar-refractivity contribution in [2.75, 3.05) is 5.73 Å². The summed E-state index contributed by atoms with van der Waals surface area (Å²) in [5, 5.41) is 9.08. The second-order valence-electron chi connectivity index (χ2n) is 9.86. The van der Waals surface area contributed by atoms with Gasteiger partial charge in [0.15, 0.2) is 5.75 Å². The molecule has 40 heavy (non-hydrogen) atoms. The molecule has 0 bridgehead atoms. The lowest BCUT2D eigenvalue weighted by molar-refractivity contribution is 0.0845. The van der Waals surface area contributed by atoms with Gasteiger partial charge in [-0.3, -0.25) is 14.9 Å². The zero-order valence-corrected chi connectivity index (χ0v) is 21.0. The van der Waals surface area contributed by atoms with Crippen LogP contribution in [0.2, 0.25) is 0 Å². The lowest BCUT2D eigenvalue weighted by Gasteiger charge is -2.26. The Balaban J connectivity index is 1.64. The zero-order chi connectivity index (χ0) is 27.0. The number of hydrogen-bond donors (Lipinski definition) is 2. The molecule has 0 radical (unpaired) electrons. The number of benzene rings is 7. The summed E-state index contributed by atoms with van der Waals surface area (Å²) in [5.74, 6) is 1.02. The molecule has 0 fully saturated rings. The minimum atomic E-state index is -0.556. The van der Waals surface area contributed by atoms with Crippen LogP contribution in [0.5, 0.6) is 23.0 Å². The normalized spacial score (nSPS) is 12.9. The molecule has 7 aromatic rings. The van der Waals surface area contributed by atoms with E-state index in [-0.39, 0.29) is 11.3 Å². The highest BCUT2D eigenvalue weighted by Crippen LogP contribution is 2.53. The number of nitrogen functional groups attached to an aromatic ring is 1. The van der Waals surface area contributed by atoms with E-state index in [4.69, 9.17) is 15.2 Å². The lowest BCUT2D eigenvalue weighted by atomic mass is 9.83. The fourth-order valence-electron chi connectivity index (χ4n) is 6.00. The first kappa shape index (κ1) is 22.4. The average Bonchev–Trinajstić information content (AvgIpc) is 2.97. The molecule has 0 saturated heterocycles. The number of nitrogens with two attached hydrogens (primary N) is 1. The SMILES string of the molecule is Nc1c2c3c(cc(Oc4ccccc4)c4c5cccc6cccc(c(c1Oc1ccccc1)c34)c65)C(=O)NC2=O. The highest BCUT2D eigenvalue weighted by atomic mass is 16.5. The Bertz CT molecular complexity index is 2170. The van der Waals surface area contributed by atoms with E-state index >= 15 is 0 Å². The maximum atomic E-state index is 13.4. The molecule has 7 aromatic carbocycles. The summed E-state index contributed by atoms with van der Waals surface area (Å²) in [7, 11) is 0. The van der Waals surface area contributed by atoms with Crippen molar-refractivity contribution >= 4 is 60.6 Å². The standard InChI is InChI=1S/C34H20N2O4/c35-31-30-27-23(33(37)36-34(30)38)17-24(39-19-11-3-1-4-12-19)26-21-15-7-9-18-10-8-16-22(25(18)21)28(29(26)27)32(31)40-20-13-5-2-6-14-20/h1-17H,35H2,(H,36,37,38). The van der Waals surface area contributed by atoms with Crippen LogP contribution in [0, 0.1) is 0 Å². The molecule has 6 heteroatoms. The van der Waals surface area contributed by atoms with E-state index in [1.54, 1.807) is 6.07 Å². The van der Waals surface area contributed by atoms with Gasteiger partial charge in [-0.2, -0.15) is 0 Å². The van der Waals surface area contributed by atoms with Gasteiger partial charge >= 0.3 is 0 Å². The number of ether oxygens (including phenoxy) is 2. The van der Waals surface area contributed by atoms with Crippen LogP contribution in [-0.4, -0.2) is 11.8 Å². The predicted octanol–water partition coefficient (Wildman–Crippen LogP) is 7.79. The van der Waals surface area contributed by atoms with Gasteiger partial charge in [0.05, 0.1) is 16.8 Å². The fourth-order valence-corrected chi connectivity index (χ4v) is 6.00. The zero-order valence-electron chi connectivity index (χ0n) is 21.0. The Morgan fingerprint density at radius 2 is 1.20 bits per heavy atom. The van der Waals surface area contributed by atoms with E-state index in [0.29, 0.717) is 39.3 Å². The Morgan fingerprint density at radius 3 is 1.88 bits per heavy atom. The van der Waals surface area contributed by atoms with Crippen LogP contribution < -0.4 is 20.5 Å². The molecular weight excluding hydrogens is 500 g/mol. The fraction of sp³-hybridized carbons (Fsp3) is 0. The van der Waals surface area contributed by atoms with Gasteiger partial charge < -0.3 is 15.2 Å². The maximum absolute atomic E-state index is 13.4. The molecule has 0 unspecified atom stereocenters. The molecule has 1 heterocycles. The van der Waals surface area contributed by atoms with Crippen molar-refractivity contribution in [1.29, 1.82) is 0 Å². The molecule has 0 saturated carbocycles. The molecule has 1 aliphatic heterocycles. The number of imide groups is 1. The Morgan fingerprint density at radius 1 is 0.575 bits per heavy atom. The molecule has 1 aliphatic rings. The van der Waals surface area contributed by atoms with Crippen LogP contribution in [0.4, 0.5) is 5.69 Å². The third-order valence-corrected chi connectivity index (χ3v) is 7.61. The van der Waals surface area contributed by atoms with Gasteiger partial charge in [0.2, 0.25) is 0 Å². The lowest BCUT2D eigenvalue weighted by Crippen LogP contribution is -2.35. The summed E-state index contributed by atoms with van der Waals surface area (Å²) in [6, 6.07) is 32.6. The van der Waals surface area contributed by atoms with Crippen LogP contribution in [0.1, 0.15) is 20.7 Å². The first-order chi connectivity index (χ1) is 19.6. The number of para-hydroxylation sites is 2. The Hall–Kier alpha value is -5.62. The highest BCUT2D eigenvalue weighted by molar-refractivity contribution is 6.42. The topological polar surface area (TPSA) is 90.7 Å². The van der Waals surface area contributed by atoms with Gasteiger partial charge in [-0.05, 0) is 51.9 Å². The molecule has 190 valence electrons. The Labute approximate surface area is 227 Å². The van der Waals surface area contributed by atoms with Crippen LogP contribution in [0.15, 0.2) is 103 Å². The number of hydrogen-bond acceptors (Lipinski definition) is 5. The number of nitrogens with one attached hydrogen (secondary N) is 1. The van der Waals surface area contributed by atoms with Crippen LogP contribution >= 0.6 is 0 Å². The molecule has 0 atom stereocenters. The number of anilines is 1. The Kier molecular flexibility index (Phi) is 4.58. The van der Waals surface area contributed by atoms with Crippen molar-refractivity contribution in [2.24, 2.45) is 0 Å². The molecule has 0 aliphatic carbocycles. The van der Waals surface area contributed by atoms with Gasteiger partial charge in [0.1, 0.15) is 17.2 Å². The largest absolute Gasteiger partial charge is 0.457 e. The second kappa shape index (κ2) is 8.19. The minimum Gasteiger partial charge on any atom is -0.457 e. The average molecular weight is 521 g/mol. The van der Waals surface area contributed by atoms with E-state index in [1.807, 2.05) is 84.9 Å². The van der Waals surface area contributed by atoms with Gasteiger partial charge in [0.25, 0.3) is 11.8 Å².